The third-order valence-electron chi connectivity index (χ3n) is 3.26. The zero-order valence-corrected chi connectivity index (χ0v) is 12.2. The van der Waals surface area contributed by atoms with Gasteiger partial charge >= 0.3 is 0 Å². The quantitative estimate of drug-likeness (QED) is 0.856. The lowest BCUT2D eigenvalue weighted by atomic mass is 9.96. The van der Waals surface area contributed by atoms with E-state index in [1.807, 2.05) is 0 Å². The standard InChI is InChI=1S/C16H26N2/c1-16(2,3)12-18(4)15-9-5-13(6-10-15)11-17-14-7-8-14/h5-6,9-10,14,17H,7-8,11-12H2,1-4H3. The Labute approximate surface area is 111 Å². The molecular weight excluding hydrogens is 220 g/mol. The number of rotatable bonds is 5. The first-order valence-electron chi connectivity index (χ1n) is 6.97. The van der Waals surface area contributed by atoms with Crippen molar-refractivity contribution in [2.24, 2.45) is 5.41 Å². The fraction of sp³-hybridized carbons (Fsp3) is 0.625. The molecule has 1 N–H and O–H groups in total. The monoisotopic (exact) mass is 246 g/mol. The maximum absolute atomic E-state index is 3.55. The number of nitrogens with one attached hydrogen (secondary N) is 1. The van der Waals surface area contributed by atoms with E-state index >= 15 is 0 Å². The summed E-state index contributed by atoms with van der Waals surface area (Å²) in [5.74, 6) is 0. The van der Waals surface area contributed by atoms with E-state index < -0.39 is 0 Å². The maximum atomic E-state index is 3.55. The number of hydrogen-bond acceptors (Lipinski definition) is 2. The highest BCUT2D eigenvalue weighted by Crippen LogP contribution is 2.22. The molecule has 1 aliphatic rings. The van der Waals surface area contributed by atoms with Gasteiger partial charge in [-0.05, 0) is 36.0 Å². The predicted molar refractivity (Wildman–Crippen MR) is 79.0 cm³/mol. The highest BCUT2D eigenvalue weighted by atomic mass is 15.1. The lowest BCUT2D eigenvalue weighted by Gasteiger charge is -2.28. The van der Waals surface area contributed by atoms with E-state index in [4.69, 9.17) is 0 Å². The van der Waals surface area contributed by atoms with Crippen LogP contribution in [0.15, 0.2) is 24.3 Å². The lowest BCUT2D eigenvalue weighted by Crippen LogP contribution is -2.29. The second-order valence-electron chi connectivity index (χ2n) is 6.74. The van der Waals surface area contributed by atoms with Crippen LogP contribution in [-0.2, 0) is 6.54 Å². The van der Waals surface area contributed by atoms with Crippen LogP contribution in [0.4, 0.5) is 5.69 Å². The Morgan fingerprint density at radius 2 is 1.78 bits per heavy atom. The highest BCUT2D eigenvalue weighted by molar-refractivity contribution is 5.47. The van der Waals surface area contributed by atoms with Crippen molar-refractivity contribution in [1.29, 1.82) is 0 Å². The number of anilines is 1. The molecule has 0 spiro atoms. The lowest BCUT2D eigenvalue weighted by molar-refractivity contribution is 0.419. The van der Waals surface area contributed by atoms with Crippen molar-refractivity contribution in [2.45, 2.75) is 46.2 Å². The van der Waals surface area contributed by atoms with Crippen LogP contribution in [-0.4, -0.2) is 19.6 Å². The molecule has 2 nitrogen and oxygen atoms in total. The van der Waals surface area contributed by atoms with Crippen molar-refractivity contribution in [3.05, 3.63) is 29.8 Å². The first kappa shape index (κ1) is 13.4. The molecule has 1 fully saturated rings. The van der Waals surface area contributed by atoms with Gasteiger partial charge < -0.3 is 10.2 Å². The van der Waals surface area contributed by atoms with E-state index in [0.717, 1.165) is 19.1 Å². The zero-order chi connectivity index (χ0) is 13.2. The van der Waals surface area contributed by atoms with E-state index in [1.165, 1.54) is 24.1 Å². The second-order valence-corrected chi connectivity index (χ2v) is 6.74. The molecule has 0 heterocycles. The highest BCUT2D eigenvalue weighted by Gasteiger charge is 2.19. The van der Waals surface area contributed by atoms with Crippen molar-refractivity contribution >= 4 is 5.69 Å². The molecule has 0 amide bonds. The number of hydrogen-bond donors (Lipinski definition) is 1. The molecule has 100 valence electrons. The SMILES string of the molecule is CN(CC(C)(C)C)c1ccc(CNC2CC2)cc1. The third-order valence-corrected chi connectivity index (χ3v) is 3.26. The van der Waals surface area contributed by atoms with E-state index in [0.29, 0.717) is 5.41 Å². The van der Waals surface area contributed by atoms with Gasteiger partial charge in [-0.2, -0.15) is 0 Å². The number of benzene rings is 1. The van der Waals surface area contributed by atoms with Crippen LogP contribution in [0.3, 0.4) is 0 Å². The molecule has 0 atom stereocenters. The first-order valence-corrected chi connectivity index (χ1v) is 6.97. The molecule has 18 heavy (non-hydrogen) atoms. The molecule has 1 aliphatic carbocycles. The molecule has 1 saturated carbocycles. The van der Waals surface area contributed by atoms with Gasteiger partial charge in [0.25, 0.3) is 0 Å². The van der Waals surface area contributed by atoms with Crippen LogP contribution in [0.25, 0.3) is 0 Å². The second kappa shape index (κ2) is 5.31. The summed E-state index contributed by atoms with van der Waals surface area (Å²) in [5.41, 5.74) is 3.02. The van der Waals surface area contributed by atoms with Crippen LogP contribution in [0, 0.1) is 5.41 Å². The Morgan fingerprint density at radius 1 is 1.17 bits per heavy atom. The average molecular weight is 246 g/mol. The van der Waals surface area contributed by atoms with Gasteiger partial charge in [-0.25, -0.2) is 0 Å². The Kier molecular flexibility index (Phi) is 3.96. The summed E-state index contributed by atoms with van der Waals surface area (Å²) in [6.07, 6.45) is 2.71. The fourth-order valence-corrected chi connectivity index (χ4v) is 2.22. The molecule has 0 bridgehead atoms. The molecule has 1 aromatic rings. The summed E-state index contributed by atoms with van der Waals surface area (Å²) in [5, 5.41) is 3.55. The fourth-order valence-electron chi connectivity index (χ4n) is 2.22. The topological polar surface area (TPSA) is 15.3 Å². The van der Waals surface area contributed by atoms with Gasteiger partial charge in [0.05, 0.1) is 0 Å². The van der Waals surface area contributed by atoms with Crippen LogP contribution in [0.1, 0.15) is 39.2 Å². The van der Waals surface area contributed by atoms with Crippen LogP contribution in [0.2, 0.25) is 0 Å². The van der Waals surface area contributed by atoms with E-state index in [-0.39, 0.29) is 0 Å². The Bertz CT molecular complexity index is 371. The van der Waals surface area contributed by atoms with E-state index in [1.54, 1.807) is 0 Å². The Hall–Kier alpha value is -1.02. The van der Waals surface area contributed by atoms with Crippen LogP contribution in [0.5, 0.6) is 0 Å². The average Bonchev–Trinajstić information content (AvgIpc) is 3.08. The molecule has 0 aliphatic heterocycles. The smallest absolute Gasteiger partial charge is 0.0363 e. The summed E-state index contributed by atoms with van der Waals surface area (Å²) >= 11 is 0. The molecule has 0 aromatic heterocycles. The van der Waals surface area contributed by atoms with Crippen molar-refractivity contribution < 1.29 is 0 Å². The Balaban J connectivity index is 1.89. The van der Waals surface area contributed by atoms with Crippen molar-refractivity contribution in [3.8, 4) is 0 Å². The normalized spacial score (nSPS) is 15.8. The molecule has 0 unspecified atom stereocenters. The van der Waals surface area contributed by atoms with Gasteiger partial charge in [0.1, 0.15) is 0 Å². The largest absolute Gasteiger partial charge is 0.374 e. The van der Waals surface area contributed by atoms with Gasteiger partial charge in [0.2, 0.25) is 0 Å². The minimum atomic E-state index is 0.334. The van der Waals surface area contributed by atoms with Gasteiger partial charge in [0.15, 0.2) is 0 Å². The zero-order valence-electron chi connectivity index (χ0n) is 12.2. The Morgan fingerprint density at radius 3 is 2.28 bits per heavy atom. The summed E-state index contributed by atoms with van der Waals surface area (Å²) in [7, 11) is 2.17. The summed E-state index contributed by atoms with van der Waals surface area (Å²) in [4.78, 5) is 2.33. The molecule has 1 aromatic carbocycles. The third kappa shape index (κ3) is 4.34. The predicted octanol–water partition coefficient (Wildman–Crippen LogP) is 3.42. The molecule has 2 heteroatoms. The van der Waals surface area contributed by atoms with Crippen LogP contribution >= 0.6 is 0 Å². The van der Waals surface area contributed by atoms with Crippen LogP contribution < -0.4 is 10.2 Å². The molecule has 0 saturated heterocycles. The number of nitrogens with zero attached hydrogens (tertiary/aromatic N) is 1. The first-order chi connectivity index (χ1) is 8.44. The summed E-state index contributed by atoms with van der Waals surface area (Å²) in [6, 6.07) is 9.73. The van der Waals surface area contributed by atoms with Gasteiger partial charge in [-0.15, -0.1) is 0 Å². The summed E-state index contributed by atoms with van der Waals surface area (Å²) < 4.78 is 0. The minimum absolute atomic E-state index is 0.334. The molecular formula is C16H26N2. The van der Waals surface area contributed by atoms with Crippen molar-refractivity contribution in [2.75, 3.05) is 18.5 Å². The van der Waals surface area contributed by atoms with E-state index in [2.05, 4.69) is 62.3 Å². The minimum Gasteiger partial charge on any atom is -0.374 e. The summed E-state index contributed by atoms with van der Waals surface area (Å²) in [6.45, 7) is 8.91. The van der Waals surface area contributed by atoms with E-state index in [9.17, 15) is 0 Å². The molecule has 0 radical (unpaired) electrons. The van der Waals surface area contributed by atoms with Crippen molar-refractivity contribution in [1.82, 2.24) is 5.32 Å². The van der Waals surface area contributed by atoms with Gasteiger partial charge in [-0.1, -0.05) is 32.9 Å². The maximum Gasteiger partial charge on any atom is 0.0363 e. The molecule has 2 rings (SSSR count). The van der Waals surface area contributed by atoms with Gasteiger partial charge in [-0.3, -0.25) is 0 Å². The van der Waals surface area contributed by atoms with Crippen molar-refractivity contribution in [3.63, 3.8) is 0 Å². The van der Waals surface area contributed by atoms with Gasteiger partial charge in [0, 0.05) is 31.9 Å².